The van der Waals surface area contributed by atoms with E-state index in [1.165, 1.54) is 6.07 Å². The van der Waals surface area contributed by atoms with Crippen LogP contribution in [0.3, 0.4) is 0 Å². The molecule has 0 aliphatic heterocycles. The molecule has 0 spiro atoms. The van der Waals surface area contributed by atoms with Gasteiger partial charge in [0.1, 0.15) is 5.75 Å². The number of hydrogen-bond donors (Lipinski definition) is 2. The first kappa shape index (κ1) is 24.8. The van der Waals surface area contributed by atoms with Gasteiger partial charge in [-0.2, -0.15) is 5.06 Å². The van der Waals surface area contributed by atoms with Crippen LogP contribution in [0.2, 0.25) is 0 Å². The molecule has 8 heteroatoms. The van der Waals surface area contributed by atoms with Crippen molar-refractivity contribution in [1.82, 2.24) is 20.0 Å². The third-order valence-electron chi connectivity index (χ3n) is 5.75. The molecule has 0 fully saturated rings. The van der Waals surface area contributed by atoms with Crippen LogP contribution >= 0.6 is 0 Å². The fourth-order valence-electron chi connectivity index (χ4n) is 3.98. The van der Waals surface area contributed by atoms with E-state index in [9.17, 15) is 9.90 Å². The van der Waals surface area contributed by atoms with Crippen LogP contribution in [-0.4, -0.2) is 49.8 Å². The average molecular weight is 485 g/mol. The fourth-order valence-corrected chi connectivity index (χ4v) is 3.98. The van der Waals surface area contributed by atoms with Gasteiger partial charge >= 0.3 is 0 Å². The van der Waals surface area contributed by atoms with Crippen molar-refractivity contribution in [3.8, 4) is 45.7 Å². The highest BCUT2D eigenvalue weighted by Gasteiger charge is 2.18. The third kappa shape index (κ3) is 5.34. The molecule has 0 bridgehead atoms. The topological polar surface area (TPSA) is 109 Å². The Balaban J connectivity index is 1.84. The molecule has 36 heavy (non-hydrogen) atoms. The van der Waals surface area contributed by atoms with Crippen LogP contribution in [-0.2, 0) is 4.79 Å². The van der Waals surface area contributed by atoms with E-state index in [4.69, 9.17) is 24.9 Å². The highest BCUT2D eigenvalue weighted by Crippen LogP contribution is 2.34. The van der Waals surface area contributed by atoms with Crippen LogP contribution in [0, 0.1) is 27.7 Å². The number of phenols is 1. The molecule has 8 nitrogen and oxygen atoms in total. The van der Waals surface area contributed by atoms with Crippen molar-refractivity contribution >= 4 is 6.41 Å². The van der Waals surface area contributed by atoms with Crippen LogP contribution in [0.4, 0.5) is 0 Å². The summed E-state index contributed by atoms with van der Waals surface area (Å²) in [6.07, 6.45) is 0.458. The van der Waals surface area contributed by atoms with E-state index in [1.807, 2.05) is 52.0 Å². The van der Waals surface area contributed by atoms with Gasteiger partial charge < -0.3 is 15.1 Å². The Hall–Kier alpha value is -4.30. The first-order valence-corrected chi connectivity index (χ1v) is 11.5. The Kier molecular flexibility index (Phi) is 7.26. The highest BCUT2D eigenvalue weighted by atomic mass is 16.7. The maximum absolute atomic E-state index is 11.1. The lowest BCUT2D eigenvalue weighted by molar-refractivity contribution is -0.143. The van der Waals surface area contributed by atoms with Gasteiger partial charge in [-0.15, -0.1) is 0 Å². The van der Waals surface area contributed by atoms with Crippen molar-refractivity contribution in [2.24, 2.45) is 0 Å². The SMILES string of the molecule is Cc1ccc(-c2nc(-c3ccc(C)cc3C)nc(-c3ccc(ON(C=O)CCO)cc3O)n2)c(C)c1. The summed E-state index contributed by atoms with van der Waals surface area (Å²) in [5.41, 5.74) is 6.48. The van der Waals surface area contributed by atoms with Crippen molar-refractivity contribution in [1.29, 1.82) is 0 Å². The second-order valence-corrected chi connectivity index (χ2v) is 8.68. The lowest BCUT2D eigenvalue weighted by Crippen LogP contribution is -2.28. The number of amides is 1. The minimum absolute atomic E-state index is 0.00198. The molecule has 1 aromatic heterocycles. The number of benzene rings is 3. The molecule has 0 saturated heterocycles. The molecule has 0 aliphatic rings. The third-order valence-corrected chi connectivity index (χ3v) is 5.75. The standard InChI is InChI=1S/C28H28N4O4/c1-17-5-8-22(19(3)13-17)26-29-27(23-9-6-18(2)14-20(23)4)31-28(30-26)24-10-7-21(15-25(24)35)36-32(16-34)11-12-33/h5-10,13-16,33,35H,11-12H2,1-4H3. The van der Waals surface area contributed by atoms with E-state index in [0.717, 1.165) is 38.4 Å². The molecule has 0 unspecified atom stereocenters. The van der Waals surface area contributed by atoms with Gasteiger partial charge in [0, 0.05) is 17.2 Å². The summed E-state index contributed by atoms with van der Waals surface area (Å²) in [6.45, 7) is 7.83. The maximum atomic E-state index is 11.1. The number of aromatic nitrogens is 3. The second-order valence-electron chi connectivity index (χ2n) is 8.68. The van der Waals surface area contributed by atoms with Gasteiger partial charge in [0.05, 0.1) is 18.7 Å². The molecule has 0 atom stereocenters. The maximum Gasteiger partial charge on any atom is 0.242 e. The zero-order valence-corrected chi connectivity index (χ0v) is 20.7. The van der Waals surface area contributed by atoms with Gasteiger partial charge in [-0.1, -0.05) is 47.5 Å². The molecular weight excluding hydrogens is 456 g/mol. The Labute approximate surface area is 209 Å². The van der Waals surface area contributed by atoms with E-state index >= 15 is 0 Å². The second kappa shape index (κ2) is 10.5. The predicted octanol–water partition coefficient (Wildman–Crippen LogP) is 4.56. The summed E-state index contributed by atoms with van der Waals surface area (Å²) in [5, 5.41) is 20.8. The van der Waals surface area contributed by atoms with Crippen molar-refractivity contribution in [2.75, 3.05) is 13.2 Å². The zero-order chi connectivity index (χ0) is 25.8. The number of rotatable bonds is 8. The number of aromatic hydroxyl groups is 1. The van der Waals surface area contributed by atoms with E-state index in [-0.39, 0.29) is 24.7 Å². The van der Waals surface area contributed by atoms with Crippen LogP contribution in [0.1, 0.15) is 22.3 Å². The van der Waals surface area contributed by atoms with Crippen LogP contribution in [0.25, 0.3) is 34.2 Å². The van der Waals surface area contributed by atoms with Gasteiger partial charge in [-0.3, -0.25) is 4.79 Å². The number of nitrogens with zero attached hydrogens (tertiary/aromatic N) is 4. The number of aliphatic hydroxyl groups is 1. The fraction of sp³-hybridized carbons (Fsp3) is 0.214. The number of carbonyl (C=O) groups excluding carboxylic acids is 1. The summed E-state index contributed by atoms with van der Waals surface area (Å²) in [6, 6.07) is 16.7. The zero-order valence-electron chi connectivity index (χ0n) is 20.7. The van der Waals surface area contributed by atoms with Crippen LogP contribution in [0.15, 0.2) is 54.6 Å². The minimum atomic E-state index is -0.254. The lowest BCUT2D eigenvalue weighted by Gasteiger charge is -2.17. The summed E-state index contributed by atoms with van der Waals surface area (Å²) < 4.78 is 0. The summed E-state index contributed by atoms with van der Waals surface area (Å²) in [4.78, 5) is 30.7. The van der Waals surface area contributed by atoms with Crippen LogP contribution in [0.5, 0.6) is 11.5 Å². The smallest absolute Gasteiger partial charge is 0.242 e. The number of phenolic OH excluding ortho intramolecular Hbond substituents is 1. The van der Waals surface area contributed by atoms with E-state index in [2.05, 4.69) is 12.1 Å². The summed E-state index contributed by atoms with van der Waals surface area (Å²) in [5.74, 6) is 1.42. The first-order valence-electron chi connectivity index (χ1n) is 11.5. The normalized spacial score (nSPS) is 10.8. The van der Waals surface area contributed by atoms with Gasteiger partial charge in [0.2, 0.25) is 6.41 Å². The van der Waals surface area contributed by atoms with Crippen molar-refractivity contribution < 1.29 is 19.8 Å². The Morgan fingerprint density at radius 2 is 1.28 bits per heavy atom. The molecule has 184 valence electrons. The van der Waals surface area contributed by atoms with Gasteiger partial charge in [0.15, 0.2) is 23.2 Å². The number of aryl methyl sites for hydroxylation is 4. The van der Waals surface area contributed by atoms with Gasteiger partial charge in [0.25, 0.3) is 0 Å². The Bertz CT molecular complexity index is 1350. The van der Waals surface area contributed by atoms with E-state index in [0.29, 0.717) is 29.4 Å². The number of aliphatic hydroxyl groups excluding tert-OH is 1. The average Bonchev–Trinajstić information content (AvgIpc) is 2.83. The van der Waals surface area contributed by atoms with Crippen molar-refractivity contribution in [2.45, 2.75) is 27.7 Å². The molecule has 1 heterocycles. The molecular formula is C28H28N4O4. The number of hydroxylamine groups is 2. The van der Waals surface area contributed by atoms with Crippen molar-refractivity contribution in [3.05, 3.63) is 76.9 Å². The van der Waals surface area contributed by atoms with Crippen molar-refractivity contribution in [3.63, 3.8) is 0 Å². The Morgan fingerprint density at radius 3 is 1.72 bits per heavy atom. The van der Waals surface area contributed by atoms with E-state index in [1.54, 1.807) is 12.1 Å². The summed E-state index contributed by atoms with van der Waals surface area (Å²) in [7, 11) is 0. The Morgan fingerprint density at radius 1 is 0.778 bits per heavy atom. The van der Waals surface area contributed by atoms with Gasteiger partial charge in [-0.05, 0) is 51.0 Å². The van der Waals surface area contributed by atoms with Crippen LogP contribution < -0.4 is 4.84 Å². The first-order chi connectivity index (χ1) is 17.3. The molecule has 4 aromatic rings. The monoisotopic (exact) mass is 484 g/mol. The molecule has 3 aromatic carbocycles. The molecule has 0 radical (unpaired) electrons. The number of hydrogen-bond acceptors (Lipinski definition) is 7. The highest BCUT2D eigenvalue weighted by molar-refractivity contribution is 5.72. The summed E-state index contributed by atoms with van der Waals surface area (Å²) >= 11 is 0. The number of carbonyl (C=O) groups is 1. The minimum Gasteiger partial charge on any atom is -0.507 e. The molecule has 4 rings (SSSR count). The molecule has 2 N–H and O–H groups in total. The molecule has 0 saturated carbocycles. The quantitative estimate of drug-likeness (QED) is 0.279. The molecule has 0 aliphatic carbocycles. The molecule has 1 amide bonds. The van der Waals surface area contributed by atoms with Gasteiger partial charge in [-0.25, -0.2) is 15.0 Å². The predicted molar refractivity (Wildman–Crippen MR) is 137 cm³/mol. The largest absolute Gasteiger partial charge is 0.507 e. The van der Waals surface area contributed by atoms with E-state index < -0.39 is 0 Å². The lowest BCUT2D eigenvalue weighted by atomic mass is 10.0.